The number of aromatic nitrogens is 1. The van der Waals surface area contributed by atoms with Crippen LogP contribution in [0.1, 0.15) is 12.0 Å². The van der Waals surface area contributed by atoms with Gasteiger partial charge in [0.25, 0.3) is 5.91 Å². The highest BCUT2D eigenvalue weighted by molar-refractivity contribution is 7.22. The Bertz CT molecular complexity index is 1000. The van der Waals surface area contributed by atoms with Gasteiger partial charge in [-0.05, 0) is 75.9 Å². The quantitative estimate of drug-likeness (QED) is 0.478. The largest absolute Gasteiger partial charge is 0.497 e. The fourth-order valence-electron chi connectivity index (χ4n) is 2.97. The summed E-state index contributed by atoms with van der Waals surface area (Å²) in [6, 6.07) is 11.0. The van der Waals surface area contributed by atoms with Crippen LogP contribution in [0.15, 0.2) is 36.4 Å². The number of methoxy groups -OCH3 is 1. The predicted molar refractivity (Wildman–Crippen MR) is 123 cm³/mol. The molecule has 0 atom stereocenters. The molecule has 160 valence electrons. The lowest BCUT2D eigenvalue weighted by atomic mass is 10.2. The second-order valence-corrected chi connectivity index (χ2v) is 8.60. The molecule has 0 radical (unpaired) electrons. The number of thiazole rings is 1. The Morgan fingerprint density at radius 3 is 2.47 bits per heavy atom. The third-order valence-electron chi connectivity index (χ3n) is 4.68. The molecular formula is C22H26ClN3O3S. The van der Waals surface area contributed by atoms with Crippen molar-refractivity contribution in [3.05, 3.63) is 47.0 Å². The van der Waals surface area contributed by atoms with Crippen LogP contribution in [-0.2, 0) is 4.79 Å². The van der Waals surface area contributed by atoms with Gasteiger partial charge in [-0.3, -0.25) is 9.69 Å². The van der Waals surface area contributed by atoms with E-state index in [2.05, 4.69) is 4.90 Å². The van der Waals surface area contributed by atoms with Gasteiger partial charge in [0.05, 0.1) is 17.3 Å². The number of nitrogens with zero attached hydrogens (tertiary/aromatic N) is 3. The van der Waals surface area contributed by atoms with E-state index < -0.39 is 0 Å². The number of hydrogen-bond donors (Lipinski definition) is 0. The number of halogens is 1. The zero-order chi connectivity index (χ0) is 21.7. The van der Waals surface area contributed by atoms with Crippen molar-refractivity contribution in [2.45, 2.75) is 13.3 Å². The summed E-state index contributed by atoms with van der Waals surface area (Å²) in [4.78, 5) is 21.6. The van der Waals surface area contributed by atoms with E-state index in [0.29, 0.717) is 22.4 Å². The Morgan fingerprint density at radius 2 is 1.80 bits per heavy atom. The Morgan fingerprint density at radius 1 is 1.10 bits per heavy atom. The third kappa shape index (κ3) is 5.41. The summed E-state index contributed by atoms with van der Waals surface area (Å²) in [5.74, 6) is 1.22. The van der Waals surface area contributed by atoms with Crippen molar-refractivity contribution < 1.29 is 14.3 Å². The van der Waals surface area contributed by atoms with E-state index >= 15 is 0 Å². The summed E-state index contributed by atoms with van der Waals surface area (Å²) in [6.45, 7) is 3.32. The molecule has 6 nitrogen and oxygen atoms in total. The summed E-state index contributed by atoms with van der Waals surface area (Å²) in [5.41, 5.74) is 1.76. The molecule has 3 rings (SSSR count). The number of aryl methyl sites for hydroxylation is 1. The van der Waals surface area contributed by atoms with E-state index in [-0.39, 0.29) is 12.5 Å². The van der Waals surface area contributed by atoms with E-state index in [1.165, 1.54) is 11.3 Å². The minimum absolute atomic E-state index is 0.0655. The van der Waals surface area contributed by atoms with Crippen LogP contribution in [0.5, 0.6) is 11.5 Å². The van der Waals surface area contributed by atoms with E-state index in [4.69, 9.17) is 26.1 Å². The highest BCUT2D eigenvalue weighted by atomic mass is 35.5. The first kappa shape index (κ1) is 22.3. The fourth-order valence-corrected chi connectivity index (χ4v) is 4.19. The monoisotopic (exact) mass is 447 g/mol. The van der Waals surface area contributed by atoms with Crippen LogP contribution in [0.4, 0.5) is 5.13 Å². The molecule has 0 aliphatic carbocycles. The molecular weight excluding hydrogens is 422 g/mol. The molecule has 0 aliphatic rings. The predicted octanol–water partition coefficient (Wildman–Crippen LogP) is 4.63. The second-order valence-electron chi connectivity index (χ2n) is 7.18. The molecule has 0 bridgehead atoms. The Kier molecular flexibility index (Phi) is 7.53. The van der Waals surface area contributed by atoms with Crippen LogP contribution in [0.25, 0.3) is 10.2 Å². The number of ether oxygens (including phenoxy) is 2. The summed E-state index contributed by atoms with van der Waals surface area (Å²) < 4.78 is 11.9. The van der Waals surface area contributed by atoms with Crippen LogP contribution >= 0.6 is 22.9 Å². The Labute approximate surface area is 186 Å². The molecule has 0 fully saturated rings. The summed E-state index contributed by atoms with van der Waals surface area (Å²) in [6.07, 6.45) is 0.830. The summed E-state index contributed by atoms with van der Waals surface area (Å²) in [5, 5.41) is 1.34. The highest BCUT2D eigenvalue weighted by Crippen LogP contribution is 2.33. The summed E-state index contributed by atoms with van der Waals surface area (Å²) in [7, 11) is 5.64. The number of fused-ring (bicyclic) bond motifs is 1. The van der Waals surface area contributed by atoms with Crippen LogP contribution in [-0.4, -0.2) is 56.7 Å². The number of carbonyl (C=O) groups is 1. The minimum atomic E-state index is -0.132. The van der Waals surface area contributed by atoms with Gasteiger partial charge in [-0.1, -0.05) is 22.9 Å². The molecule has 0 saturated heterocycles. The average Bonchev–Trinajstić information content (AvgIpc) is 3.17. The van der Waals surface area contributed by atoms with Crippen LogP contribution in [0, 0.1) is 6.92 Å². The number of benzene rings is 2. The van der Waals surface area contributed by atoms with Gasteiger partial charge < -0.3 is 14.4 Å². The lowest BCUT2D eigenvalue weighted by Crippen LogP contribution is -2.36. The average molecular weight is 448 g/mol. The van der Waals surface area contributed by atoms with Crippen molar-refractivity contribution in [1.29, 1.82) is 0 Å². The molecule has 0 aliphatic heterocycles. The Balaban J connectivity index is 1.78. The lowest BCUT2D eigenvalue weighted by molar-refractivity contribution is -0.120. The van der Waals surface area contributed by atoms with Crippen molar-refractivity contribution >= 4 is 44.2 Å². The van der Waals surface area contributed by atoms with Crippen molar-refractivity contribution in [3.8, 4) is 11.5 Å². The maximum Gasteiger partial charge on any atom is 0.266 e. The van der Waals surface area contributed by atoms with Crippen molar-refractivity contribution in [2.24, 2.45) is 0 Å². The van der Waals surface area contributed by atoms with Gasteiger partial charge in [-0.2, -0.15) is 0 Å². The maximum atomic E-state index is 13.0. The van der Waals surface area contributed by atoms with Crippen molar-refractivity contribution in [1.82, 2.24) is 9.88 Å². The van der Waals surface area contributed by atoms with Crippen LogP contribution in [0.3, 0.4) is 0 Å². The number of amides is 1. The molecule has 0 unspecified atom stereocenters. The first-order chi connectivity index (χ1) is 14.4. The second kappa shape index (κ2) is 10.1. The zero-order valence-electron chi connectivity index (χ0n) is 17.6. The summed E-state index contributed by atoms with van der Waals surface area (Å²) >= 11 is 7.74. The number of anilines is 1. The van der Waals surface area contributed by atoms with Crippen LogP contribution < -0.4 is 14.4 Å². The molecule has 1 heterocycles. The number of hydrogen-bond acceptors (Lipinski definition) is 6. The van der Waals surface area contributed by atoms with Gasteiger partial charge in [0.1, 0.15) is 11.5 Å². The van der Waals surface area contributed by atoms with E-state index in [1.807, 2.05) is 33.2 Å². The molecule has 3 aromatic rings. The first-order valence-electron chi connectivity index (χ1n) is 9.66. The van der Waals surface area contributed by atoms with Gasteiger partial charge >= 0.3 is 0 Å². The van der Waals surface area contributed by atoms with E-state index in [0.717, 1.165) is 34.5 Å². The number of carbonyl (C=O) groups excluding carboxylic acids is 1. The first-order valence-corrected chi connectivity index (χ1v) is 10.9. The minimum Gasteiger partial charge on any atom is -0.497 e. The molecule has 0 saturated carbocycles. The lowest BCUT2D eigenvalue weighted by Gasteiger charge is -2.21. The maximum absolute atomic E-state index is 13.0. The zero-order valence-corrected chi connectivity index (χ0v) is 19.2. The van der Waals surface area contributed by atoms with Gasteiger partial charge in [0.15, 0.2) is 11.7 Å². The Hall–Kier alpha value is -2.35. The van der Waals surface area contributed by atoms with Crippen molar-refractivity contribution in [2.75, 3.05) is 45.8 Å². The SMILES string of the molecule is COc1ccc(OCC(=O)N(CCCN(C)C)c2nc3c(C)c(Cl)ccc3s2)cc1. The van der Waals surface area contributed by atoms with Crippen LogP contribution in [0.2, 0.25) is 5.02 Å². The fraction of sp³-hybridized carbons (Fsp3) is 0.364. The van der Waals surface area contributed by atoms with Crippen molar-refractivity contribution in [3.63, 3.8) is 0 Å². The molecule has 30 heavy (non-hydrogen) atoms. The molecule has 0 N–H and O–H groups in total. The smallest absolute Gasteiger partial charge is 0.266 e. The van der Waals surface area contributed by atoms with E-state index in [9.17, 15) is 4.79 Å². The highest BCUT2D eigenvalue weighted by Gasteiger charge is 2.21. The molecule has 0 spiro atoms. The topological polar surface area (TPSA) is 54.9 Å². The van der Waals surface area contributed by atoms with Gasteiger partial charge in [-0.15, -0.1) is 0 Å². The molecule has 1 aromatic heterocycles. The normalized spacial score (nSPS) is 11.1. The van der Waals surface area contributed by atoms with Gasteiger partial charge in [0.2, 0.25) is 0 Å². The standard InChI is InChI=1S/C22H26ClN3O3S/c1-15-18(23)10-11-19-21(15)24-22(30-19)26(13-5-12-25(2)3)20(27)14-29-17-8-6-16(28-4)7-9-17/h6-11H,5,12-14H2,1-4H3. The molecule has 1 amide bonds. The van der Waals surface area contributed by atoms with Gasteiger partial charge in [0, 0.05) is 11.6 Å². The number of rotatable bonds is 9. The van der Waals surface area contributed by atoms with Gasteiger partial charge in [-0.25, -0.2) is 4.98 Å². The third-order valence-corrected chi connectivity index (χ3v) is 6.13. The molecule has 8 heteroatoms. The van der Waals surface area contributed by atoms with E-state index in [1.54, 1.807) is 36.3 Å². The molecule has 2 aromatic carbocycles.